The van der Waals surface area contributed by atoms with Crippen LogP contribution in [0.2, 0.25) is 268 Å². The van der Waals surface area contributed by atoms with E-state index in [2.05, 4.69) is 171 Å². The molecule has 0 aromatic rings. The molecule has 13 unspecified atom stereocenters. The Balaban J connectivity index is 1.71. The highest BCUT2D eigenvalue weighted by Crippen LogP contribution is 2.36. The van der Waals surface area contributed by atoms with Gasteiger partial charge in [-0.2, -0.15) is 0 Å². The topological polar surface area (TPSA) is 222 Å². The van der Waals surface area contributed by atoms with Crippen LogP contribution in [0.25, 0.3) is 0 Å². The molecule has 0 bridgehead atoms. The minimum Gasteiger partial charge on any atom is -0.442 e. The van der Waals surface area contributed by atoms with Crippen molar-refractivity contribution in [3.05, 3.63) is 0 Å². The lowest BCUT2D eigenvalue weighted by Crippen LogP contribution is -2.69. The van der Waals surface area contributed by atoms with Crippen LogP contribution in [0.15, 0.2) is 0 Å². The van der Waals surface area contributed by atoms with Gasteiger partial charge in [-0.3, -0.25) is 0 Å². The Morgan fingerprint density at radius 3 is 1.13 bits per heavy atom. The van der Waals surface area contributed by atoms with Crippen LogP contribution in [0.5, 0.6) is 0 Å². The molecule has 4 aliphatic rings. The predicted octanol–water partition coefficient (Wildman–Crippen LogP) is 9.31. The van der Waals surface area contributed by atoms with Gasteiger partial charge in [-0.25, -0.2) is 0 Å². The van der Waals surface area contributed by atoms with Crippen molar-refractivity contribution in [3.8, 4) is 0 Å². The largest absolute Gasteiger partial charge is 0.643 e. The summed E-state index contributed by atoms with van der Waals surface area (Å²) in [6.45, 7) is 69.3. The lowest BCUT2D eigenvalue weighted by atomic mass is 10.5. The molecule has 0 aromatic heterocycles. The summed E-state index contributed by atoms with van der Waals surface area (Å²) in [6, 6.07) is 8.84. The lowest BCUT2D eigenvalue weighted by molar-refractivity contribution is 0.106. The van der Waals surface area contributed by atoms with Gasteiger partial charge in [-0.15, -0.1) is 0 Å². The van der Waals surface area contributed by atoms with Gasteiger partial charge >= 0.3 is 118 Å². The van der Waals surface area contributed by atoms with Crippen LogP contribution in [0, 0.1) is 0 Å². The monoisotopic (exact) mass is 1820 g/mol. The molecule has 4 heterocycles. The van der Waals surface area contributed by atoms with Crippen LogP contribution in [-0.2, 0) is 99.4 Å². The molecule has 8 radical (unpaired) electrons. The molecular formula is C46H132O24Si27. The maximum absolute atomic E-state index is 7.60. The van der Waals surface area contributed by atoms with Gasteiger partial charge in [0.25, 0.3) is 37.1 Å². The van der Waals surface area contributed by atoms with Crippen molar-refractivity contribution in [2.75, 3.05) is 0 Å². The van der Waals surface area contributed by atoms with Gasteiger partial charge in [0, 0.05) is 12.2 Å². The Labute approximate surface area is 630 Å². The van der Waals surface area contributed by atoms with Gasteiger partial charge in [-0.05, 0) is 282 Å². The fraction of sp³-hybridized carbons (Fsp3) is 1.00. The van der Waals surface area contributed by atoms with Crippen LogP contribution < -0.4 is 0 Å². The van der Waals surface area contributed by atoms with E-state index in [0.717, 1.165) is 71.8 Å². The molecule has 4 aliphatic heterocycles. The Kier molecular flexibility index (Phi) is 39.8. The van der Waals surface area contributed by atoms with Crippen molar-refractivity contribution in [1.82, 2.24) is 0 Å². The average molecular weight is 1830 g/mol. The Hall–Kier alpha value is 4.90. The van der Waals surface area contributed by atoms with Gasteiger partial charge < -0.3 is 99.4 Å². The first-order valence-electron chi connectivity index (χ1n) is 35.3. The molecule has 0 spiro atoms. The van der Waals surface area contributed by atoms with Crippen LogP contribution in [0.1, 0.15) is 13.8 Å². The Morgan fingerprint density at radius 1 is 0.351 bits per heavy atom. The predicted molar refractivity (Wildman–Crippen MR) is 448 cm³/mol. The minimum absolute atomic E-state index is 0.114. The zero-order valence-corrected chi connectivity index (χ0v) is 94.3. The van der Waals surface area contributed by atoms with Gasteiger partial charge in [0.05, 0.1) is 0 Å². The molecule has 0 aliphatic carbocycles. The summed E-state index contributed by atoms with van der Waals surface area (Å²) in [5.74, 6) is 0. The Bertz CT molecular complexity index is 2060. The van der Waals surface area contributed by atoms with E-state index in [1.807, 2.05) is 39.3 Å². The van der Waals surface area contributed by atoms with Crippen LogP contribution in [-0.4, -0.2) is 254 Å². The van der Waals surface area contributed by atoms with Crippen molar-refractivity contribution >= 4 is 242 Å². The molecule has 4 saturated heterocycles. The molecule has 0 saturated carbocycles. The quantitative estimate of drug-likeness (QED) is 0.0421. The molecule has 0 amide bonds. The summed E-state index contributed by atoms with van der Waals surface area (Å²) in [5, 5.41) is 0. The third-order valence-electron chi connectivity index (χ3n) is 15.3. The fourth-order valence-corrected chi connectivity index (χ4v) is 119. The third-order valence-corrected chi connectivity index (χ3v) is 107. The van der Waals surface area contributed by atoms with Crippen molar-refractivity contribution < 1.29 is 99.4 Å². The van der Waals surface area contributed by atoms with E-state index in [9.17, 15) is 0 Å². The van der Waals surface area contributed by atoms with Gasteiger partial charge in [0.2, 0.25) is 9.04 Å². The van der Waals surface area contributed by atoms with Crippen molar-refractivity contribution in [1.29, 1.82) is 0 Å². The summed E-state index contributed by atoms with van der Waals surface area (Å²) in [5.41, 5.74) is 2.25. The molecule has 4 rings (SSSR count). The lowest BCUT2D eigenvalue weighted by Gasteiger charge is -2.46. The molecule has 4 fully saturated rings. The second kappa shape index (κ2) is 40.9. The number of hydrogen-bond donors (Lipinski definition) is 0. The summed E-state index contributed by atoms with van der Waals surface area (Å²) >= 11 is 0. The normalized spacial score (nSPS) is 29.2. The third kappa shape index (κ3) is 40.1. The molecule has 24 nitrogen and oxygen atoms in total. The van der Waals surface area contributed by atoms with E-state index >= 15 is 0 Å². The van der Waals surface area contributed by atoms with Crippen LogP contribution in [0.4, 0.5) is 0 Å². The molecular weight excluding hydrogens is 1690 g/mol. The molecule has 13 atom stereocenters. The summed E-state index contributed by atoms with van der Waals surface area (Å²) in [6.07, 6.45) is 0.228. The van der Waals surface area contributed by atoms with Crippen molar-refractivity contribution in [2.24, 2.45) is 0 Å². The number of rotatable bonds is 36. The highest BCUT2D eigenvalue weighted by Gasteiger charge is 2.61. The second-order valence-corrected chi connectivity index (χ2v) is 110. The summed E-state index contributed by atoms with van der Waals surface area (Å²) < 4.78 is 165. The minimum atomic E-state index is -4.56. The highest BCUT2D eigenvalue weighted by molar-refractivity contribution is 6.94. The van der Waals surface area contributed by atoms with E-state index in [4.69, 9.17) is 99.4 Å². The standard InChI is InChI=1S/C46H132O24Si27/c1-45-41-73(3)52-79(9)59-84(48-45)34-39-89(17,18)63-92(23,24)66-95(29,30)69-97(51-72-49-71-50-87(13,14)38-35-85-55-76(6)43-74(4)53-80(10)60-85,68-94(27,28)65-91(21,22)62-88(15,16)37-33-83-42-46(2)47-78(8)57-82(12)58-83)70-96(31,32)67-93(25,26)64-90(19,20)40-36-86-56-77(7)44-75(5)54-81(11)61-86/h45-46,73-82H,33-44H2,1-32H3. The average Bonchev–Trinajstić information content (AvgIpc) is 0.775. The zero-order chi connectivity index (χ0) is 73.6. The maximum Gasteiger partial charge on any atom is 0.643 e. The number of hydrogen-bond acceptors (Lipinski definition) is 24. The van der Waals surface area contributed by atoms with Crippen LogP contribution in [0.3, 0.4) is 0 Å². The van der Waals surface area contributed by atoms with E-state index in [1.165, 1.54) is 0 Å². The summed E-state index contributed by atoms with van der Waals surface area (Å²) in [4.78, 5) is 0. The zero-order valence-electron chi connectivity index (χ0n) is 65.7. The van der Waals surface area contributed by atoms with Crippen molar-refractivity contribution in [2.45, 2.75) is 294 Å². The second-order valence-electron chi connectivity index (χ2n) is 31.9. The molecule has 97 heavy (non-hydrogen) atoms. The van der Waals surface area contributed by atoms with Gasteiger partial charge in [0.1, 0.15) is 0 Å². The molecule has 51 heteroatoms. The van der Waals surface area contributed by atoms with E-state index in [0.29, 0.717) is 0 Å². The first kappa shape index (κ1) is 94.3. The highest BCUT2D eigenvalue weighted by atomic mass is 28.6. The summed E-state index contributed by atoms with van der Waals surface area (Å²) in [7, 11) is -55.4. The SMILES string of the molecule is CC1C[SiH](C)O[SiH](C)O[Si](CC[Si](C)(C)O[Si](C)(C)O[Si](C)(C)O[Si](O[Si]O[Si]O[Si](C)(C)CC[Si]2O[SiH](C)C[SiH](C)O[SiH](C)O2)(O[Si](C)(C)O[Si](C)(C)O[Si](C)(C)CC[Si]2CC(C)O[SiH](C)O[SiH](C)O2)O[Si](C)(C)O[Si](C)(C)O[Si](C)(C)CC[Si]2O[SiH](C)C[SiH](C)O[SiH](C)O2)O1. The Morgan fingerprint density at radius 2 is 0.701 bits per heavy atom. The maximum atomic E-state index is 7.60. The van der Waals surface area contributed by atoms with Crippen molar-refractivity contribution in [3.63, 3.8) is 0 Å². The van der Waals surface area contributed by atoms with E-state index in [-0.39, 0.29) is 22.2 Å². The van der Waals surface area contributed by atoms with E-state index in [1.54, 1.807) is 0 Å². The van der Waals surface area contributed by atoms with Gasteiger partial charge in [-0.1, -0.05) is 0 Å². The molecule has 0 N–H and O–H groups in total. The van der Waals surface area contributed by atoms with Crippen LogP contribution >= 0.6 is 0 Å². The first-order valence-corrected chi connectivity index (χ1v) is 97.0. The molecule has 0 aromatic carbocycles. The van der Waals surface area contributed by atoms with E-state index < -0.39 is 232 Å². The van der Waals surface area contributed by atoms with Gasteiger partial charge in [0.15, 0.2) is 78.5 Å². The fourth-order valence-electron chi connectivity index (χ4n) is 12.9. The molecule has 568 valence electrons. The first-order chi connectivity index (χ1) is 44.1. The smallest absolute Gasteiger partial charge is 0.442 e.